The van der Waals surface area contributed by atoms with E-state index in [1.807, 2.05) is 42.0 Å². The molecule has 11 heteroatoms. The maximum atomic E-state index is 12.5. The molecule has 1 saturated heterocycles. The summed E-state index contributed by atoms with van der Waals surface area (Å²) in [5.41, 5.74) is 8.37. The van der Waals surface area contributed by atoms with Crippen LogP contribution in [0.4, 0.5) is 0 Å². The molecular weight excluding hydrogens is 490 g/mol. The number of amidine groups is 1. The number of carbonyl (C=O) groups is 2. The Kier molecular flexibility index (Phi) is 7.54. The Morgan fingerprint density at radius 3 is 2.62 bits per heavy atom. The molecule has 2 aromatic heterocycles. The normalized spacial score (nSPS) is 13.7. The first-order valence-corrected chi connectivity index (χ1v) is 13.5. The first-order chi connectivity index (χ1) is 16.4. The summed E-state index contributed by atoms with van der Waals surface area (Å²) in [7, 11) is 0. The van der Waals surface area contributed by atoms with Crippen LogP contribution in [0.15, 0.2) is 39.9 Å². The second-order valence-corrected chi connectivity index (χ2v) is 10.7. The molecule has 3 heterocycles. The molecule has 0 spiro atoms. The molecule has 4 rings (SSSR count). The number of amides is 2. The first kappa shape index (κ1) is 24.2. The lowest BCUT2D eigenvalue weighted by atomic mass is 10.1. The van der Waals surface area contributed by atoms with E-state index in [9.17, 15) is 9.59 Å². The molecule has 2 amide bonds. The fourth-order valence-corrected chi connectivity index (χ4v) is 6.30. The Bertz CT molecular complexity index is 1210. The van der Waals surface area contributed by atoms with Crippen LogP contribution < -0.4 is 10.5 Å². The van der Waals surface area contributed by atoms with Crippen molar-refractivity contribution >= 4 is 52.1 Å². The van der Waals surface area contributed by atoms with Crippen molar-refractivity contribution in [2.24, 2.45) is 5.73 Å². The quantitative estimate of drug-likeness (QED) is 0.282. The van der Waals surface area contributed by atoms with Crippen LogP contribution in [0.5, 0.6) is 5.75 Å². The van der Waals surface area contributed by atoms with Gasteiger partial charge < -0.3 is 20.3 Å². The van der Waals surface area contributed by atoms with Gasteiger partial charge in [0, 0.05) is 49.6 Å². The first-order valence-electron chi connectivity index (χ1n) is 10.6. The molecule has 34 heavy (non-hydrogen) atoms. The van der Waals surface area contributed by atoms with Gasteiger partial charge in [-0.05, 0) is 24.5 Å². The third-order valence-corrected chi connectivity index (χ3v) is 8.63. The maximum absolute atomic E-state index is 12.5. The molecule has 0 saturated carbocycles. The van der Waals surface area contributed by atoms with Gasteiger partial charge in [-0.2, -0.15) is 0 Å². The highest BCUT2D eigenvalue weighted by atomic mass is 32.2. The predicted octanol–water partition coefficient (Wildman–Crippen LogP) is 3.61. The number of thiophene rings is 1. The van der Waals surface area contributed by atoms with Gasteiger partial charge in [-0.15, -0.1) is 34.4 Å². The number of nitrogens with one attached hydrogen (secondary N) is 1. The summed E-state index contributed by atoms with van der Waals surface area (Å²) < 4.78 is 6.85. The number of nitrogen functional groups attached to an aromatic ring is 1. The average molecular weight is 516 g/mol. The van der Waals surface area contributed by atoms with Crippen LogP contribution in [0.3, 0.4) is 0 Å². The highest BCUT2D eigenvalue weighted by Crippen LogP contribution is 2.40. The zero-order valence-electron chi connectivity index (χ0n) is 18.9. The number of aromatic nitrogens is 1. The molecule has 178 valence electrons. The number of nitrogens with two attached hydrogens (primary N) is 1. The van der Waals surface area contributed by atoms with Crippen LogP contribution in [-0.4, -0.2) is 71.5 Å². The van der Waals surface area contributed by atoms with Crippen molar-refractivity contribution in [1.29, 1.82) is 5.41 Å². The van der Waals surface area contributed by atoms with Gasteiger partial charge in [0.15, 0.2) is 6.61 Å². The lowest BCUT2D eigenvalue weighted by molar-refractivity contribution is -0.139. The number of ether oxygens (including phenoxy) is 1. The number of rotatable bonds is 7. The summed E-state index contributed by atoms with van der Waals surface area (Å²) in [6, 6.07) is 9.46. The van der Waals surface area contributed by atoms with Crippen molar-refractivity contribution in [3.63, 3.8) is 0 Å². The molecular formula is C23H25N5O3S3. The molecule has 0 unspecified atom stereocenters. The molecule has 1 aliphatic rings. The Morgan fingerprint density at radius 1 is 1.21 bits per heavy atom. The van der Waals surface area contributed by atoms with Crippen molar-refractivity contribution in [1.82, 2.24) is 14.8 Å². The fraction of sp³-hybridized carbons (Fsp3) is 0.304. The Balaban J connectivity index is 1.42. The molecule has 1 aromatic carbocycles. The Hall–Kier alpha value is -2.89. The van der Waals surface area contributed by atoms with Crippen molar-refractivity contribution in [3.05, 3.63) is 40.6 Å². The maximum Gasteiger partial charge on any atom is 0.260 e. The average Bonchev–Trinajstić information content (AvgIpc) is 3.50. The van der Waals surface area contributed by atoms with Crippen molar-refractivity contribution in [3.8, 4) is 27.6 Å². The number of piperazine rings is 1. The van der Waals surface area contributed by atoms with Crippen LogP contribution in [0.2, 0.25) is 0 Å². The summed E-state index contributed by atoms with van der Waals surface area (Å²) in [6.45, 7) is 3.65. The van der Waals surface area contributed by atoms with Gasteiger partial charge in [0.25, 0.3) is 5.91 Å². The van der Waals surface area contributed by atoms with Gasteiger partial charge >= 0.3 is 0 Å². The summed E-state index contributed by atoms with van der Waals surface area (Å²) in [4.78, 5) is 33.0. The molecule has 3 aromatic rings. The molecule has 0 atom stereocenters. The number of thiazole rings is 1. The number of hydrogen-bond acceptors (Lipinski definition) is 8. The second kappa shape index (κ2) is 10.6. The number of benzene rings is 1. The topological polar surface area (TPSA) is 113 Å². The lowest BCUT2D eigenvalue weighted by Gasteiger charge is -2.34. The molecule has 3 N–H and O–H groups in total. The number of nitrogens with zero attached hydrogens (tertiary/aromatic N) is 3. The SMILES string of the molecule is CSc1sc(C(=N)N)cc1-c1nc(-c2cccc(OCC(=O)N3CCN(C(C)=O)CC3)c2)cs1. The minimum Gasteiger partial charge on any atom is -0.484 e. The molecule has 0 bridgehead atoms. The van der Waals surface area contributed by atoms with E-state index in [2.05, 4.69) is 0 Å². The minimum atomic E-state index is -0.0899. The van der Waals surface area contributed by atoms with E-state index >= 15 is 0 Å². The zero-order valence-corrected chi connectivity index (χ0v) is 21.3. The van der Waals surface area contributed by atoms with Gasteiger partial charge in [0.1, 0.15) is 16.6 Å². The van der Waals surface area contributed by atoms with Gasteiger partial charge in [0.05, 0.1) is 14.8 Å². The van der Waals surface area contributed by atoms with Gasteiger partial charge in [-0.1, -0.05) is 12.1 Å². The van der Waals surface area contributed by atoms with Crippen LogP contribution in [-0.2, 0) is 9.59 Å². The third-order valence-electron chi connectivity index (χ3n) is 5.45. The van der Waals surface area contributed by atoms with E-state index in [1.165, 1.54) is 22.7 Å². The Labute approximate surface area is 210 Å². The van der Waals surface area contributed by atoms with E-state index in [0.29, 0.717) is 31.9 Å². The van der Waals surface area contributed by atoms with Crippen molar-refractivity contribution < 1.29 is 14.3 Å². The summed E-state index contributed by atoms with van der Waals surface area (Å²) in [5.74, 6) is 0.603. The van der Waals surface area contributed by atoms with E-state index in [0.717, 1.165) is 30.9 Å². The predicted molar refractivity (Wildman–Crippen MR) is 138 cm³/mol. The van der Waals surface area contributed by atoms with E-state index in [-0.39, 0.29) is 24.3 Å². The van der Waals surface area contributed by atoms with Gasteiger partial charge in [-0.25, -0.2) is 4.98 Å². The van der Waals surface area contributed by atoms with Crippen LogP contribution in [0.1, 0.15) is 11.8 Å². The molecule has 8 nitrogen and oxygen atoms in total. The number of thioether (sulfide) groups is 1. The van der Waals surface area contributed by atoms with Crippen LogP contribution in [0, 0.1) is 5.41 Å². The van der Waals surface area contributed by atoms with E-state index < -0.39 is 0 Å². The van der Waals surface area contributed by atoms with Crippen LogP contribution in [0.25, 0.3) is 21.8 Å². The molecule has 0 radical (unpaired) electrons. The van der Waals surface area contributed by atoms with Crippen LogP contribution >= 0.6 is 34.4 Å². The van der Waals surface area contributed by atoms with Crippen molar-refractivity contribution in [2.45, 2.75) is 11.1 Å². The van der Waals surface area contributed by atoms with E-state index in [1.54, 1.807) is 28.5 Å². The van der Waals surface area contributed by atoms with Crippen molar-refractivity contribution in [2.75, 3.05) is 39.0 Å². The Morgan fingerprint density at radius 2 is 1.94 bits per heavy atom. The third kappa shape index (κ3) is 5.43. The lowest BCUT2D eigenvalue weighted by Crippen LogP contribution is -2.51. The summed E-state index contributed by atoms with van der Waals surface area (Å²) in [5, 5.41) is 10.6. The van der Waals surface area contributed by atoms with E-state index in [4.69, 9.17) is 20.9 Å². The van der Waals surface area contributed by atoms with Gasteiger partial charge in [0.2, 0.25) is 5.91 Å². The zero-order chi connectivity index (χ0) is 24.2. The number of hydrogen-bond donors (Lipinski definition) is 2. The second-order valence-electron chi connectivity index (χ2n) is 7.67. The fourth-order valence-electron chi connectivity index (χ4n) is 3.59. The van der Waals surface area contributed by atoms with Gasteiger partial charge in [-0.3, -0.25) is 15.0 Å². The molecule has 0 aliphatic carbocycles. The largest absolute Gasteiger partial charge is 0.484 e. The highest BCUT2D eigenvalue weighted by molar-refractivity contribution is 8.00. The molecule has 1 fully saturated rings. The highest BCUT2D eigenvalue weighted by Gasteiger charge is 2.22. The monoisotopic (exact) mass is 515 g/mol. The minimum absolute atomic E-state index is 0.0355. The smallest absolute Gasteiger partial charge is 0.260 e. The standard InChI is InChI=1S/C23H25N5O3S3/c1-14(29)27-6-8-28(9-7-27)20(30)12-31-16-5-3-4-15(10-16)18-13-33-22(26-18)17-11-19(21(24)25)34-23(17)32-2/h3-5,10-11,13H,6-9,12H2,1-2H3,(H3,24,25). The molecule has 1 aliphatic heterocycles. The summed E-state index contributed by atoms with van der Waals surface area (Å²) in [6.07, 6.45) is 2.00. The number of carbonyl (C=O) groups excluding carboxylic acids is 2. The summed E-state index contributed by atoms with van der Waals surface area (Å²) >= 11 is 4.65.